The van der Waals surface area contributed by atoms with Crippen LogP contribution in [-0.4, -0.2) is 47.6 Å². The minimum atomic E-state index is 0.102. The summed E-state index contributed by atoms with van der Waals surface area (Å²) in [6.45, 7) is 2.64. The summed E-state index contributed by atoms with van der Waals surface area (Å²) in [5, 5.41) is 6.48. The maximum absolute atomic E-state index is 12.4. The van der Waals surface area contributed by atoms with Crippen molar-refractivity contribution in [3.8, 4) is 0 Å². The fraction of sp³-hybridized carbons (Fsp3) is 0.600. The molecule has 0 spiro atoms. The van der Waals surface area contributed by atoms with Crippen LogP contribution in [0.25, 0.3) is 0 Å². The molecule has 0 radical (unpaired) electrons. The molecule has 1 aromatic heterocycles. The van der Waals surface area contributed by atoms with Crippen LogP contribution in [0.15, 0.2) is 24.5 Å². The van der Waals surface area contributed by atoms with Crippen molar-refractivity contribution in [2.75, 3.05) is 19.6 Å². The number of carbonyl (C=O) groups excluding carboxylic acids is 1. The lowest BCUT2D eigenvalue weighted by Crippen LogP contribution is -2.48. The summed E-state index contributed by atoms with van der Waals surface area (Å²) in [5.41, 5.74) is 1.16. The van der Waals surface area contributed by atoms with Gasteiger partial charge in [0.25, 0.3) is 0 Å². The number of fused-ring (bicyclic) bond motifs is 2. The number of aromatic nitrogens is 1. The van der Waals surface area contributed by atoms with Crippen LogP contribution in [0, 0.1) is 0 Å². The number of amides is 2. The first kappa shape index (κ1) is 13.4. The van der Waals surface area contributed by atoms with Crippen LogP contribution >= 0.6 is 0 Å². The van der Waals surface area contributed by atoms with Gasteiger partial charge in [0.1, 0.15) is 0 Å². The summed E-state index contributed by atoms with van der Waals surface area (Å²) in [5.74, 6) is 0. The third kappa shape index (κ3) is 2.93. The molecule has 0 aliphatic carbocycles. The molecule has 5 nitrogen and oxygen atoms in total. The van der Waals surface area contributed by atoms with E-state index >= 15 is 0 Å². The van der Waals surface area contributed by atoms with Gasteiger partial charge in [0, 0.05) is 37.6 Å². The fourth-order valence-electron chi connectivity index (χ4n) is 3.26. The second kappa shape index (κ2) is 6.22. The van der Waals surface area contributed by atoms with Gasteiger partial charge >= 0.3 is 6.03 Å². The molecule has 0 aromatic carbocycles. The van der Waals surface area contributed by atoms with Crippen molar-refractivity contribution in [1.29, 1.82) is 0 Å². The lowest BCUT2D eigenvalue weighted by atomic mass is 10.1. The molecule has 2 atom stereocenters. The monoisotopic (exact) mass is 274 g/mol. The Bertz CT molecular complexity index is 436. The minimum Gasteiger partial charge on any atom is -0.338 e. The summed E-state index contributed by atoms with van der Waals surface area (Å²) in [7, 11) is 0. The Hall–Kier alpha value is -1.62. The van der Waals surface area contributed by atoms with E-state index in [1.807, 2.05) is 18.3 Å². The van der Waals surface area contributed by atoms with Crippen molar-refractivity contribution in [2.24, 2.45) is 0 Å². The quantitative estimate of drug-likeness (QED) is 0.869. The Kier molecular flexibility index (Phi) is 4.16. The van der Waals surface area contributed by atoms with E-state index in [1.54, 1.807) is 6.20 Å². The largest absolute Gasteiger partial charge is 0.338 e. The molecule has 20 heavy (non-hydrogen) atoms. The van der Waals surface area contributed by atoms with Crippen LogP contribution in [0.5, 0.6) is 0 Å². The number of nitrogens with zero attached hydrogens (tertiary/aromatic N) is 2. The number of urea groups is 1. The van der Waals surface area contributed by atoms with E-state index in [-0.39, 0.29) is 6.03 Å². The van der Waals surface area contributed by atoms with Crippen molar-refractivity contribution < 1.29 is 4.79 Å². The summed E-state index contributed by atoms with van der Waals surface area (Å²) in [6.07, 6.45) is 7.82. The Labute approximate surface area is 119 Å². The van der Waals surface area contributed by atoms with Gasteiger partial charge in [-0.1, -0.05) is 6.07 Å². The van der Waals surface area contributed by atoms with Crippen LogP contribution < -0.4 is 10.6 Å². The van der Waals surface area contributed by atoms with E-state index in [4.69, 9.17) is 0 Å². The molecule has 3 rings (SSSR count). The van der Waals surface area contributed by atoms with E-state index in [2.05, 4.69) is 20.5 Å². The van der Waals surface area contributed by atoms with E-state index in [0.29, 0.717) is 18.6 Å². The molecule has 5 heteroatoms. The van der Waals surface area contributed by atoms with Crippen molar-refractivity contribution >= 4 is 6.03 Å². The van der Waals surface area contributed by atoms with Crippen molar-refractivity contribution in [2.45, 2.75) is 37.8 Å². The fourth-order valence-corrected chi connectivity index (χ4v) is 3.26. The van der Waals surface area contributed by atoms with Crippen LogP contribution in [0.4, 0.5) is 4.79 Å². The molecule has 2 aliphatic rings. The number of carbonyl (C=O) groups is 1. The third-order valence-electron chi connectivity index (χ3n) is 4.30. The Morgan fingerprint density at radius 3 is 3.15 bits per heavy atom. The van der Waals surface area contributed by atoms with Gasteiger partial charge in [-0.05, 0) is 43.9 Å². The van der Waals surface area contributed by atoms with Gasteiger partial charge in [-0.25, -0.2) is 4.79 Å². The number of hydrogen-bond donors (Lipinski definition) is 2. The average Bonchev–Trinajstić information content (AvgIpc) is 2.73. The average molecular weight is 274 g/mol. The predicted molar refractivity (Wildman–Crippen MR) is 77.5 cm³/mol. The van der Waals surface area contributed by atoms with Crippen LogP contribution in [0.1, 0.15) is 24.8 Å². The summed E-state index contributed by atoms with van der Waals surface area (Å²) in [4.78, 5) is 18.5. The maximum atomic E-state index is 12.4. The van der Waals surface area contributed by atoms with Gasteiger partial charge in [0.2, 0.25) is 0 Å². The molecule has 2 aliphatic heterocycles. The van der Waals surface area contributed by atoms with Gasteiger partial charge in [0.05, 0.1) is 0 Å². The standard InChI is InChI=1S/C15H22N4O/c20-15(18-9-5-12-2-1-7-16-10-12)19-13-3-4-14(19)11-17-8-6-13/h1-2,7,10,13-14,17H,3-6,8-9,11H2,(H,18,20). The molecule has 2 unspecified atom stereocenters. The zero-order chi connectivity index (χ0) is 13.8. The van der Waals surface area contributed by atoms with Gasteiger partial charge in [0.15, 0.2) is 0 Å². The SMILES string of the molecule is O=C(NCCc1cccnc1)N1C2CCNCC1CC2. The van der Waals surface area contributed by atoms with Gasteiger partial charge in [-0.3, -0.25) is 4.98 Å². The Morgan fingerprint density at radius 1 is 1.40 bits per heavy atom. The Balaban J connectivity index is 1.51. The smallest absolute Gasteiger partial charge is 0.317 e. The first-order chi connectivity index (χ1) is 9.84. The van der Waals surface area contributed by atoms with E-state index in [0.717, 1.165) is 44.3 Å². The first-order valence-electron chi connectivity index (χ1n) is 7.50. The molecule has 2 fully saturated rings. The lowest BCUT2D eigenvalue weighted by molar-refractivity contribution is 0.176. The van der Waals surface area contributed by atoms with E-state index in [1.165, 1.54) is 0 Å². The molecule has 2 N–H and O–H groups in total. The van der Waals surface area contributed by atoms with Crippen molar-refractivity contribution in [3.05, 3.63) is 30.1 Å². The van der Waals surface area contributed by atoms with E-state index < -0.39 is 0 Å². The molecule has 1 aromatic rings. The normalized spacial score (nSPS) is 25.3. The van der Waals surface area contributed by atoms with Crippen LogP contribution in [-0.2, 0) is 6.42 Å². The highest BCUT2D eigenvalue weighted by atomic mass is 16.2. The second-order valence-corrected chi connectivity index (χ2v) is 5.63. The topological polar surface area (TPSA) is 57.3 Å². The third-order valence-corrected chi connectivity index (χ3v) is 4.30. The van der Waals surface area contributed by atoms with Gasteiger partial charge in [-0.15, -0.1) is 0 Å². The molecule has 2 amide bonds. The summed E-state index contributed by atoms with van der Waals surface area (Å²) < 4.78 is 0. The lowest BCUT2D eigenvalue weighted by Gasteiger charge is -2.28. The van der Waals surface area contributed by atoms with Crippen molar-refractivity contribution in [3.63, 3.8) is 0 Å². The Morgan fingerprint density at radius 2 is 2.30 bits per heavy atom. The highest BCUT2D eigenvalue weighted by molar-refractivity contribution is 5.75. The highest BCUT2D eigenvalue weighted by Gasteiger charge is 2.37. The number of rotatable bonds is 3. The van der Waals surface area contributed by atoms with Crippen LogP contribution in [0.3, 0.4) is 0 Å². The zero-order valence-electron chi connectivity index (χ0n) is 11.7. The minimum absolute atomic E-state index is 0.102. The number of hydrogen-bond acceptors (Lipinski definition) is 3. The first-order valence-corrected chi connectivity index (χ1v) is 7.50. The summed E-state index contributed by atoms with van der Waals surface area (Å²) >= 11 is 0. The summed E-state index contributed by atoms with van der Waals surface area (Å²) in [6, 6.07) is 4.87. The highest BCUT2D eigenvalue weighted by Crippen LogP contribution is 2.27. The molecule has 3 heterocycles. The molecular weight excluding hydrogens is 252 g/mol. The molecular formula is C15H22N4O. The predicted octanol–water partition coefficient (Wildman–Crippen LogP) is 1.16. The second-order valence-electron chi connectivity index (χ2n) is 5.63. The van der Waals surface area contributed by atoms with Crippen molar-refractivity contribution in [1.82, 2.24) is 20.5 Å². The van der Waals surface area contributed by atoms with Gasteiger partial charge in [-0.2, -0.15) is 0 Å². The number of pyridine rings is 1. The molecule has 108 valence electrons. The molecule has 2 saturated heterocycles. The number of nitrogens with one attached hydrogen (secondary N) is 2. The maximum Gasteiger partial charge on any atom is 0.317 e. The van der Waals surface area contributed by atoms with Crippen LogP contribution in [0.2, 0.25) is 0 Å². The zero-order valence-corrected chi connectivity index (χ0v) is 11.7. The van der Waals surface area contributed by atoms with E-state index in [9.17, 15) is 4.79 Å². The van der Waals surface area contributed by atoms with Gasteiger partial charge < -0.3 is 15.5 Å². The molecule has 0 saturated carbocycles. The molecule has 2 bridgehead atoms.